The Morgan fingerprint density at radius 2 is 1.92 bits per heavy atom. The minimum Gasteiger partial charge on any atom is -0.481 e. The first kappa shape index (κ1) is 23.9. The lowest BCUT2D eigenvalue weighted by molar-refractivity contribution is -0.188. The van der Waals surface area contributed by atoms with Gasteiger partial charge in [-0.15, -0.1) is 12.4 Å². The van der Waals surface area contributed by atoms with Crippen LogP contribution in [0.25, 0.3) is 0 Å². The number of aliphatic carboxylic acids is 1. The third-order valence-corrected chi connectivity index (χ3v) is 3.91. The molecular formula is C15H26ClF3N2O4. The van der Waals surface area contributed by atoms with Crippen molar-refractivity contribution in [2.45, 2.75) is 26.4 Å². The lowest BCUT2D eigenvalue weighted by Gasteiger charge is -2.18. The van der Waals surface area contributed by atoms with E-state index >= 15 is 0 Å². The van der Waals surface area contributed by atoms with Gasteiger partial charge in [-0.2, -0.15) is 13.2 Å². The van der Waals surface area contributed by atoms with Crippen molar-refractivity contribution in [3.8, 4) is 0 Å². The van der Waals surface area contributed by atoms with Crippen LogP contribution < -0.4 is 5.32 Å². The largest absolute Gasteiger partial charge is 0.481 e. The molecule has 0 bridgehead atoms. The van der Waals surface area contributed by atoms with Crippen LogP contribution in [0.4, 0.5) is 13.2 Å². The van der Waals surface area contributed by atoms with Crippen molar-refractivity contribution < 1.29 is 32.6 Å². The second-order valence-corrected chi connectivity index (χ2v) is 6.43. The number of carbonyl (C=O) groups excluding carboxylic acids is 1. The summed E-state index contributed by atoms with van der Waals surface area (Å²) in [4.78, 5) is 23.9. The average molecular weight is 391 g/mol. The van der Waals surface area contributed by atoms with E-state index in [1.165, 1.54) is 4.90 Å². The molecular weight excluding hydrogens is 365 g/mol. The summed E-state index contributed by atoms with van der Waals surface area (Å²) < 4.78 is 43.9. The zero-order chi connectivity index (χ0) is 18.3. The lowest BCUT2D eigenvalue weighted by Crippen LogP contribution is -2.38. The number of likely N-dealkylation sites (tertiary alicyclic amines) is 1. The molecule has 0 aliphatic carbocycles. The normalized spacial score (nSPS) is 21.2. The van der Waals surface area contributed by atoms with Crippen LogP contribution in [-0.2, 0) is 14.3 Å². The molecule has 25 heavy (non-hydrogen) atoms. The van der Waals surface area contributed by atoms with E-state index < -0.39 is 36.4 Å². The number of hydrogen-bond acceptors (Lipinski definition) is 4. The van der Waals surface area contributed by atoms with Crippen molar-refractivity contribution in [1.82, 2.24) is 10.2 Å². The summed E-state index contributed by atoms with van der Waals surface area (Å²) in [5.74, 6) is -4.87. The van der Waals surface area contributed by atoms with Crippen LogP contribution in [-0.4, -0.2) is 67.5 Å². The molecule has 1 fully saturated rings. The van der Waals surface area contributed by atoms with Gasteiger partial charge >= 0.3 is 12.1 Å². The highest BCUT2D eigenvalue weighted by molar-refractivity contribution is 5.85. The van der Waals surface area contributed by atoms with E-state index in [0.717, 1.165) is 6.42 Å². The minimum absolute atomic E-state index is 0. The molecule has 0 radical (unpaired) electrons. The third-order valence-electron chi connectivity index (χ3n) is 3.91. The maximum Gasteiger partial charge on any atom is 0.393 e. The van der Waals surface area contributed by atoms with Gasteiger partial charge in [-0.25, -0.2) is 0 Å². The van der Waals surface area contributed by atoms with Crippen molar-refractivity contribution in [3.05, 3.63) is 0 Å². The van der Waals surface area contributed by atoms with Gasteiger partial charge in [0.05, 0.1) is 25.0 Å². The number of carboxylic acids is 1. The quantitative estimate of drug-likeness (QED) is 0.587. The number of hydrogen-bond donors (Lipinski definition) is 2. The number of carboxylic acid groups (broad SMARTS) is 1. The molecule has 1 saturated heterocycles. The number of amides is 1. The molecule has 1 amide bonds. The first-order chi connectivity index (χ1) is 11.1. The number of alkyl halides is 3. The monoisotopic (exact) mass is 390 g/mol. The van der Waals surface area contributed by atoms with Gasteiger partial charge in [0.1, 0.15) is 0 Å². The number of rotatable bonds is 9. The zero-order valence-electron chi connectivity index (χ0n) is 14.3. The summed E-state index contributed by atoms with van der Waals surface area (Å²) in [7, 11) is 0. The second kappa shape index (κ2) is 10.8. The van der Waals surface area contributed by atoms with Crippen LogP contribution in [0.15, 0.2) is 0 Å². The molecule has 0 saturated carbocycles. The van der Waals surface area contributed by atoms with Crippen molar-refractivity contribution >= 4 is 24.3 Å². The van der Waals surface area contributed by atoms with Crippen molar-refractivity contribution in [3.63, 3.8) is 0 Å². The standard InChI is InChI=1S/C15H25F3N2O4.ClH/c1-10(2)3-5-24-6-4-19-13(21)9-20-7-11(14(22)23)12(8-20)15(16,17)18;/h10-12H,3-9H2,1-2H3,(H,19,21)(H,22,23);1H/t11-,12-;/m1./s1. The Bertz CT molecular complexity index is 435. The van der Waals surface area contributed by atoms with Crippen molar-refractivity contribution in [2.75, 3.05) is 39.4 Å². The topological polar surface area (TPSA) is 78.9 Å². The Morgan fingerprint density at radius 3 is 2.40 bits per heavy atom. The van der Waals surface area contributed by atoms with Gasteiger partial charge in [-0.05, 0) is 12.3 Å². The Labute approximate surface area is 151 Å². The highest BCUT2D eigenvalue weighted by atomic mass is 35.5. The summed E-state index contributed by atoms with van der Waals surface area (Å²) in [6, 6.07) is 0. The zero-order valence-corrected chi connectivity index (χ0v) is 15.2. The van der Waals surface area contributed by atoms with Gasteiger partial charge < -0.3 is 15.2 Å². The maximum atomic E-state index is 12.9. The molecule has 6 nitrogen and oxygen atoms in total. The number of nitrogens with zero attached hydrogens (tertiary/aromatic N) is 1. The Balaban J connectivity index is 0.00000576. The van der Waals surface area contributed by atoms with E-state index in [-0.39, 0.29) is 32.0 Å². The van der Waals surface area contributed by atoms with E-state index in [4.69, 9.17) is 9.84 Å². The van der Waals surface area contributed by atoms with Crippen LogP contribution in [0.3, 0.4) is 0 Å². The molecule has 1 aliphatic heterocycles. The highest BCUT2D eigenvalue weighted by Gasteiger charge is 2.52. The molecule has 148 valence electrons. The van der Waals surface area contributed by atoms with Gasteiger partial charge in [-0.1, -0.05) is 13.8 Å². The van der Waals surface area contributed by atoms with Gasteiger partial charge in [0.15, 0.2) is 0 Å². The fourth-order valence-electron chi connectivity index (χ4n) is 2.54. The van der Waals surface area contributed by atoms with Gasteiger partial charge in [-0.3, -0.25) is 14.5 Å². The third kappa shape index (κ3) is 8.73. The first-order valence-corrected chi connectivity index (χ1v) is 7.97. The van der Waals surface area contributed by atoms with Crippen molar-refractivity contribution in [1.29, 1.82) is 0 Å². The highest BCUT2D eigenvalue weighted by Crippen LogP contribution is 2.37. The fourth-order valence-corrected chi connectivity index (χ4v) is 2.54. The predicted octanol–water partition coefficient (Wildman–Crippen LogP) is 1.78. The number of carbonyl (C=O) groups is 2. The lowest BCUT2D eigenvalue weighted by atomic mass is 9.96. The molecule has 0 aromatic carbocycles. The number of halogens is 4. The van der Waals surface area contributed by atoms with E-state index in [1.807, 2.05) is 0 Å². The predicted molar refractivity (Wildman–Crippen MR) is 87.6 cm³/mol. The van der Waals surface area contributed by atoms with Crippen LogP contribution in [0.5, 0.6) is 0 Å². The summed E-state index contributed by atoms with van der Waals surface area (Å²) in [5, 5.41) is 11.5. The second-order valence-electron chi connectivity index (χ2n) is 6.43. The van der Waals surface area contributed by atoms with Crippen LogP contribution in [0, 0.1) is 17.8 Å². The summed E-state index contributed by atoms with van der Waals surface area (Å²) in [6.07, 6.45) is -3.67. The molecule has 0 unspecified atom stereocenters. The maximum absolute atomic E-state index is 12.9. The van der Waals surface area contributed by atoms with Crippen molar-refractivity contribution in [2.24, 2.45) is 17.8 Å². The number of nitrogens with one attached hydrogen (secondary N) is 1. The summed E-state index contributed by atoms with van der Waals surface area (Å²) in [6.45, 7) is 4.34. The smallest absolute Gasteiger partial charge is 0.393 e. The molecule has 10 heteroatoms. The molecule has 1 aliphatic rings. The summed E-state index contributed by atoms with van der Waals surface area (Å²) >= 11 is 0. The van der Waals surface area contributed by atoms with Gasteiger partial charge in [0.25, 0.3) is 0 Å². The average Bonchev–Trinajstić information content (AvgIpc) is 2.86. The molecule has 0 spiro atoms. The van der Waals surface area contributed by atoms with E-state index in [2.05, 4.69) is 19.2 Å². The van der Waals surface area contributed by atoms with Crippen LogP contribution >= 0.6 is 12.4 Å². The number of ether oxygens (including phenoxy) is 1. The SMILES string of the molecule is CC(C)CCOCCNC(=O)CN1C[C@@H](C(F)(F)F)[C@H](C(=O)O)C1.Cl. The van der Waals surface area contributed by atoms with Crippen LogP contribution in [0.1, 0.15) is 20.3 Å². The minimum atomic E-state index is -4.58. The molecule has 1 rings (SSSR count). The van der Waals surface area contributed by atoms with Gasteiger partial charge in [0, 0.05) is 26.2 Å². The van der Waals surface area contributed by atoms with E-state index in [1.54, 1.807) is 0 Å². The Morgan fingerprint density at radius 1 is 1.28 bits per heavy atom. The molecule has 0 aromatic rings. The molecule has 2 N–H and O–H groups in total. The fraction of sp³-hybridized carbons (Fsp3) is 0.867. The molecule has 2 atom stereocenters. The van der Waals surface area contributed by atoms with Crippen LogP contribution in [0.2, 0.25) is 0 Å². The molecule has 0 aromatic heterocycles. The van der Waals surface area contributed by atoms with Gasteiger partial charge in [0.2, 0.25) is 5.91 Å². The summed E-state index contributed by atoms with van der Waals surface area (Å²) in [5.41, 5.74) is 0. The van der Waals surface area contributed by atoms with E-state index in [9.17, 15) is 22.8 Å². The Kier molecular flexibility index (Phi) is 10.4. The Hall–Kier alpha value is -1.06. The first-order valence-electron chi connectivity index (χ1n) is 7.97. The molecule has 1 heterocycles. The van der Waals surface area contributed by atoms with E-state index in [0.29, 0.717) is 19.1 Å².